The van der Waals surface area contributed by atoms with Gasteiger partial charge in [-0.1, -0.05) is 13.8 Å². The summed E-state index contributed by atoms with van der Waals surface area (Å²) >= 11 is 0. The lowest BCUT2D eigenvalue weighted by Crippen LogP contribution is -2.36. The van der Waals surface area contributed by atoms with Crippen LogP contribution in [0.5, 0.6) is 0 Å². The molecule has 0 fully saturated rings. The van der Waals surface area contributed by atoms with E-state index < -0.39 is 0 Å². The molecule has 0 atom stereocenters. The number of hydrogen-bond acceptors (Lipinski definition) is 3. The minimum atomic E-state index is 0.116. The Morgan fingerprint density at radius 1 is 1.39 bits per heavy atom. The van der Waals surface area contributed by atoms with Crippen LogP contribution in [0.15, 0.2) is 12.4 Å². The van der Waals surface area contributed by atoms with Crippen LogP contribution in [0, 0.1) is 5.92 Å². The van der Waals surface area contributed by atoms with E-state index in [2.05, 4.69) is 49.5 Å². The van der Waals surface area contributed by atoms with Gasteiger partial charge in [0.05, 0.1) is 13.2 Å². The largest absolute Gasteiger partial charge is 0.379 e. The molecule has 0 aliphatic rings. The zero-order valence-electron chi connectivity index (χ0n) is 12.4. The van der Waals surface area contributed by atoms with Gasteiger partial charge in [-0.2, -0.15) is 0 Å². The van der Waals surface area contributed by atoms with Crippen molar-refractivity contribution in [2.75, 3.05) is 13.2 Å². The maximum atomic E-state index is 5.60. The topological polar surface area (TPSA) is 39.1 Å². The SMILES string of the molecule is CC(C)COCCn1ccnc1CNC(C)(C)C. The Kier molecular flexibility index (Phi) is 5.82. The van der Waals surface area contributed by atoms with Crippen LogP contribution in [-0.4, -0.2) is 28.3 Å². The van der Waals surface area contributed by atoms with Crippen LogP contribution in [0.4, 0.5) is 0 Å². The van der Waals surface area contributed by atoms with Crippen molar-refractivity contribution >= 4 is 0 Å². The molecular formula is C14H27N3O. The number of rotatable bonds is 7. The molecule has 1 rings (SSSR count). The third-order valence-corrected chi connectivity index (χ3v) is 2.51. The van der Waals surface area contributed by atoms with Crippen molar-refractivity contribution in [3.8, 4) is 0 Å². The fraction of sp³-hybridized carbons (Fsp3) is 0.786. The minimum Gasteiger partial charge on any atom is -0.379 e. The van der Waals surface area contributed by atoms with Gasteiger partial charge in [0, 0.05) is 31.1 Å². The third kappa shape index (κ3) is 6.17. The molecule has 0 saturated heterocycles. The van der Waals surface area contributed by atoms with Crippen molar-refractivity contribution in [2.24, 2.45) is 5.92 Å². The predicted octanol–water partition coefficient (Wildman–Crippen LogP) is 2.44. The first-order chi connectivity index (χ1) is 8.38. The minimum absolute atomic E-state index is 0.116. The molecule has 1 aromatic rings. The molecule has 18 heavy (non-hydrogen) atoms. The molecule has 0 aliphatic carbocycles. The lowest BCUT2D eigenvalue weighted by molar-refractivity contribution is 0.102. The van der Waals surface area contributed by atoms with E-state index in [-0.39, 0.29) is 5.54 Å². The summed E-state index contributed by atoms with van der Waals surface area (Å²) in [6.07, 6.45) is 3.86. The first kappa shape index (κ1) is 15.2. The Morgan fingerprint density at radius 2 is 2.11 bits per heavy atom. The van der Waals surface area contributed by atoms with Crippen molar-refractivity contribution in [3.05, 3.63) is 18.2 Å². The maximum absolute atomic E-state index is 5.60. The highest BCUT2D eigenvalue weighted by atomic mass is 16.5. The quantitative estimate of drug-likeness (QED) is 0.759. The summed E-state index contributed by atoms with van der Waals surface area (Å²) in [6.45, 7) is 14.0. The normalized spacial score (nSPS) is 12.3. The van der Waals surface area contributed by atoms with Crippen molar-refractivity contribution in [1.82, 2.24) is 14.9 Å². The van der Waals surface area contributed by atoms with Crippen molar-refractivity contribution in [3.63, 3.8) is 0 Å². The lowest BCUT2D eigenvalue weighted by Gasteiger charge is -2.20. The molecule has 104 valence electrons. The average Bonchev–Trinajstić information content (AvgIpc) is 2.68. The summed E-state index contributed by atoms with van der Waals surface area (Å²) in [5, 5.41) is 3.45. The molecule has 4 heteroatoms. The predicted molar refractivity (Wildman–Crippen MR) is 74.5 cm³/mol. The molecule has 0 saturated carbocycles. The van der Waals surface area contributed by atoms with Gasteiger partial charge in [0.15, 0.2) is 0 Å². The number of aromatic nitrogens is 2. The smallest absolute Gasteiger partial charge is 0.122 e. The number of nitrogens with zero attached hydrogens (tertiary/aromatic N) is 2. The molecule has 0 aliphatic heterocycles. The van der Waals surface area contributed by atoms with Crippen LogP contribution in [0.3, 0.4) is 0 Å². The number of ether oxygens (including phenoxy) is 1. The summed E-state index contributed by atoms with van der Waals surface area (Å²) in [6, 6.07) is 0. The summed E-state index contributed by atoms with van der Waals surface area (Å²) < 4.78 is 7.75. The molecule has 1 heterocycles. The van der Waals surface area contributed by atoms with Gasteiger partial charge >= 0.3 is 0 Å². The van der Waals surface area contributed by atoms with Crippen LogP contribution in [0.2, 0.25) is 0 Å². The second-order valence-corrected chi connectivity index (χ2v) is 6.11. The number of nitrogens with one attached hydrogen (secondary N) is 1. The highest BCUT2D eigenvalue weighted by Crippen LogP contribution is 2.03. The van der Waals surface area contributed by atoms with E-state index in [0.29, 0.717) is 5.92 Å². The van der Waals surface area contributed by atoms with E-state index in [9.17, 15) is 0 Å². The van der Waals surface area contributed by atoms with E-state index in [4.69, 9.17) is 4.74 Å². The second kappa shape index (κ2) is 6.90. The van der Waals surface area contributed by atoms with Crippen LogP contribution in [-0.2, 0) is 17.8 Å². The molecule has 0 radical (unpaired) electrons. The van der Waals surface area contributed by atoms with Gasteiger partial charge in [0.1, 0.15) is 5.82 Å². The molecule has 0 aromatic carbocycles. The van der Waals surface area contributed by atoms with E-state index >= 15 is 0 Å². The molecule has 0 spiro atoms. The molecular weight excluding hydrogens is 226 g/mol. The van der Waals surface area contributed by atoms with Gasteiger partial charge in [-0.05, 0) is 26.7 Å². The molecule has 4 nitrogen and oxygen atoms in total. The standard InChI is InChI=1S/C14H27N3O/c1-12(2)11-18-9-8-17-7-6-15-13(17)10-16-14(3,4)5/h6-7,12,16H,8-11H2,1-5H3. The van der Waals surface area contributed by atoms with Crippen molar-refractivity contribution in [1.29, 1.82) is 0 Å². The van der Waals surface area contributed by atoms with Crippen LogP contribution in [0.1, 0.15) is 40.4 Å². The van der Waals surface area contributed by atoms with Crippen molar-refractivity contribution in [2.45, 2.75) is 53.2 Å². The number of imidazole rings is 1. The van der Waals surface area contributed by atoms with Gasteiger partial charge < -0.3 is 14.6 Å². The molecule has 0 amide bonds. The zero-order chi connectivity index (χ0) is 13.6. The van der Waals surface area contributed by atoms with Gasteiger partial charge in [-0.15, -0.1) is 0 Å². The lowest BCUT2D eigenvalue weighted by atomic mass is 10.1. The zero-order valence-corrected chi connectivity index (χ0v) is 12.4. The first-order valence-electron chi connectivity index (χ1n) is 6.71. The molecule has 1 aromatic heterocycles. The Morgan fingerprint density at radius 3 is 2.72 bits per heavy atom. The van der Waals surface area contributed by atoms with Gasteiger partial charge in [0.25, 0.3) is 0 Å². The van der Waals surface area contributed by atoms with Gasteiger partial charge in [-0.25, -0.2) is 4.98 Å². The van der Waals surface area contributed by atoms with E-state index in [1.165, 1.54) is 0 Å². The van der Waals surface area contributed by atoms with Crippen LogP contribution >= 0.6 is 0 Å². The summed E-state index contributed by atoms with van der Waals surface area (Å²) in [5.41, 5.74) is 0.116. The number of hydrogen-bond donors (Lipinski definition) is 1. The monoisotopic (exact) mass is 253 g/mol. The maximum Gasteiger partial charge on any atom is 0.122 e. The average molecular weight is 253 g/mol. The van der Waals surface area contributed by atoms with Crippen LogP contribution in [0.25, 0.3) is 0 Å². The molecule has 0 bridgehead atoms. The fourth-order valence-electron chi connectivity index (χ4n) is 1.54. The molecule has 1 N–H and O–H groups in total. The van der Waals surface area contributed by atoms with Gasteiger partial charge in [0.2, 0.25) is 0 Å². The third-order valence-electron chi connectivity index (χ3n) is 2.51. The second-order valence-electron chi connectivity index (χ2n) is 6.11. The van der Waals surface area contributed by atoms with Crippen molar-refractivity contribution < 1.29 is 4.74 Å². The highest BCUT2D eigenvalue weighted by molar-refractivity contribution is 4.93. The Labute approximate surface area is 111 Å². The summed E-state index contributed by atoms with van der Waals surface area (Å²) in [4.78, 5) is 4.38. The Balaban J connectivity index is 2.35. The van der Waals surface area contributed by atoms with E-state index in [1.807, 2.05) is 12.4 Å². The van der Waals surface area contributed by atoms with E-state index in [0.717, 1.165) is 32.1 Å². The molecule has 0 unspecified atom stereocenters. The highest BCUT2D eigenvalue weighted by Gasteiger charge is 2.10. The summed E-state index contributed by atoms with van der Waals surface area (Å²) in [5.74, 6) is 1.66. The fourth-order valence-corrected chi connectivity index (χ4v) is 1.54. The Bertz CT molecular complexity index is 339. The van der Waals surface area contributed by atoms with Gasteiger partial charge in [-0.3, -0.25) is 0 Å². The first-order valence-corrected chi connectivity index (χ1v) is 6.71. The van der Waals surface area contributed by atoms with E-state index in [1.54, 1.807) is 0 Å². The Hall–Kier alpha value is -0.870. The van der Waals surface area contributed by atoms with Crippen LogP contribution < -0.4 is 5.32 Å². The summed E-state index contributed by atoms with van der Waals surface area (Å²) in [7, 11) is 0.